The maximum Gasteiger partial charge on any atom is 0.224 e. The lowest BCUT2D eigenvalue weighted by molar-refractivity contribution is -0.122. The average molecular weight is 169 g/mol. The van der Waals surface area contributed by atoms with Gasteiger partial charge in [-0.1, -0.05) is 0 Å². The minimum absolute atomic E-state index is 0. The number of nitrogens with two attached hydrogens (primary N) is 1. The van der Waals surface area contributed by atoms with Crippen molar-refractivity contribution in [2.75, 3.05) is 13.1 Å². The summed E-state index contributed by atoms with van der Waals surface area (Å²) in [6.45, 7) is 0.643. The quantitative estimate of drug-likeness (QED) is 0.552. The Labute approximate surface area is 64.6 Å². The van der Waals surface area contributed by atoms with Crippen LogP contribution in [0.2, 0.25) is 0 Å². The van der Waals surface area contributed by atoms with Crippen LogP contribution in [0.4, 0.5) is 4.39 Å². The Bertz CT molecular complexity index is 133. The molecule has 5 heteroatoms. The molecule has 10 heavy (non-hydrogen) atoms. The summed E-state index contributed by atoms with van der Waals surface area (Å²) in [5.41, 5.74) is 4.87. The number of primary amides is 1. The third-order valence-corrected chi connectivity index (χ3v) is 1.51. The van der Waals surface area contributed by atoms with Crippen LogP contribution < -0.4 is 11.1 Å². The number of carbonyl (C=O) groups is 1. The van der Waals surface area contributed by atoms with E-state index in [0.717, 1.165) is 0 Å². The molecule has 3 N–H and O–H groups in total. The molecule has 1 rings (SSSR count). The van der Waals surface area contributed by atoms with Gasteiger partial charge in [-0.15, -0.1) is 12.4 Å². The van der Waals surface area contributed by atoms with E-state index in [-0.39, 0.29) is 19.0 Å². The molecule has 1 aliphatic heterocycles. The molecular weight excluding hydrogens is 159 g/mol. The number of carbonyl (C=O) groups excluding carboxylic acids is 1. The summed E-state index contributed by atoms with van der Waals surface area (Å²) in [5, 5.41) is 2.73. The standard InChI is InChI=1S/C5H9FN2O.ClH/c6-4-2-8-1-3(4)5(7)9;/h3-4,8H,1-2H2,(H2,7,9);1H/t3-,4+;/m1./s1. The Hall–Kier alpha value is -0.350. The normalized spacial score (nSPS) is 31.3. The van der Waals surface area contributed by atoms with Crippen molar-refractivity contribution in [1.82, 2.24) is 5.32 Å². The second-order valence-corrected chi connectivity index (χ2v) is 2.18. The van der Waals surface area contributed by atoms with E-state index >= 15 is 0 Å². The van der Waals surface area contributed by atoms with E-state index < -0.39 is 18.0 Å². The molecule has 0 saturated carbocycles. The van der Waals surface area contributed by atoms with Gasteiger partial charge in [0.15, 0.2) is 0 Å². The van der Waals surface area contributed by atoms with E-state index in [1.807, 2.05) is 0 Å². The largest absolute Gasteiger partial charge is 0.369 e. The molecule has 3 nitrogen and oxygen atoms in total. The lowest BCUT2D eigenvalue weighted by Gasteiger charge is -2.03. The summed E-state index contributed by atoms with van der Waals surface area (Å²) in [4.78, 5) is 10.4. The topological polar surface area (TPSA) is 55.1 Å². The third kappa shape index (κ3) is 1.82. The van der Waals surface area contributed by atoms with Gasteiger partial charge in [0.25, 0.3) is 0 Å². The van der Waals surface area contributed by atoms with Crippen molar-refractivity contribution in [1.29, 1.82) is 0 Å². The molecule has 1 heterocycles. The van der Waals surface area contributed by atoms with Gasteiger partial charge in [0.2, 0.25) is 5.91 Å². The van der Waals surface area contributed by atoms with E-state index in [1.54, 1.807) is 0 Å². The first-order valence-corrected chi connectivity index (χ1v) is 2.86. The van der Waals surface area contributed by atoms with Gasteiger partial charge >= 0.3 is 0 Å². The van der Waals surface area contributed by atoms with Crippen LogP contribution in [0.1, 0.15) is 0 Å². The zero-order chi connectivity index (χ0) is 6.85. The highest BCUT2D eigenvalue weighted by atomic mass is 35.5. The first kappa shape index (κ1) is 9.65. The fourth-order valence-corrected chi connectivity index (χ4v) is 0.926. The number of hydrogen-bond donors (Lipinski definition) is 2. The molecule has 0 aromatic carbocycles. The SMILES string of the molecule is Cl.NC(=O)[C@@H]1CNC[C@@H]1F. The van der Waals surface area contributed by atoms with Crippen molar-refractivity contribution in [3.05, 3.63) is 0 Å². The molecule has 0 bridgehead atoms. The first-order chi connectivity index (χ1) is 4.22. The predicted octanol–water partition coefficient (Wildman–Crippen LogP) is -0.549. The fraction of sp³-hybridized carbons (Fsp3) is 0.800. The molecule has 1 saturated heterocycles. The van der Waals surface area contributed by atoms with Crippen molar-refractivity contribution in [3.8, 4) is 0 Å². The third-order valence-electron chi connectivity index (χ3n) is 1.51. The molecule has 1 aliphatic rings. The molecular formula is C5H10ClFN2O. The molecule has 0 aliphatic carbocycles. The van der Waals surface area contributed by atoms with Gasteiger partial charge in [0.1, 0.15) is 6.17 Å². The van der Waals surface area contributed by atoms with E-state index in [9.17, 15) is 9.18 Å². The van der Waals surface area contributed by atoms with Crippen LogP contribution in [-0.2, 0) is 4.79 Å². The number of nitrogens with one attached hydrogen (secondary N) is 1. The zero-order valence-electron chi connectivity index (χ0n) is 5.34. The fourth-order valence-electron chi connectivity index (χ4n) is 0.926. The molecule has 60 valence electrons. The minimum atomic E-state index is -1.08. The molecule has 0 unspecified atom stereocenters. The Kier molecular flexibility index (Phi) is 3.60. The van der Waals surface area contributed by atoms with Crippen LogP contribution in [0.15, 0.2) is 0 Å². The lowest BCUT2D eigenvalue weighted by Crippen LogP contribution is -2.30. The molecule has 0 spiro atoms. The number of hydrogen-bond acceptors (Lipinski definition) is 2. The summed E-state index contributed by atoms with van der Waals surface area (Å²) in [5.74, 6) is -1.16. The summed E-state index contributed by atoms with van der Waals surface area (Å²) >= 11 is 0. The van der Waals surface area contributed by atoms with Gasteiger partial charge in [-0.05, 0) is 0 Å². The summed E-state index contributed by atoms with van der Waals surface area (Å²) < 4.78 is 12.5. The Morgan fingerprint density at radius 2 is 2.20 bits per heavy atom. The second kappa shape index (κ2) is 3.73. The molecule has 0 radical (unpaired) electrons. The molecule has 0 aromatic heterocycles. The number of rotatable bonds is 1. The van der Waals surface area contributed by atoms with E-state index in [0.29, 0.717) is 6.54 Å². The Balaban J connectivity index is 0.000000810. The maximum absolute atomic E-state index is 12.5. The average Bonchev–Trinajstić information content (AvgIpc) is 2.13. The van der Waals surface area contributed by atoms with E-state index in [2.05, 4.69) is 5.32 Å². The van der Waals surface area contributed by atoms with Crippen LogP contribution in [0.25, 0.3) is 0 Å². The van der Waals surface area contributed by atoms with Crippen molar-refractivity contribution < 1.29 is 9.18 Å². The van der Waals surface area contributed by atoms with Crippen LogP contribution in [-0.4, -0.2) is 25.2 Å². The Morgan fingerprint density at radius 3 is 2.40 bits per heavy atom. The van der Waals surface area contributed by atoms with Gasteiger partial charge in [0.05, 0.1) is 5.92 Å². The summed E-state index contributed by atoms with van der Waals surface area (Å²) in [7, 11) is 0. The highest BCUT2D eigenvalue weighted by molar-refractivity contribution is 5.85. The van der Waals surface area contributed by atoms with Crippen molar-refractivity contribution >= 4 is 18.3 Å². The minimum Gasteiger partial charge on any atom is -0.369 e. The maximum atomic E-state index is 12.5. The van der Waals surface area contributed by atoms with Gasteiger partial charge in [0, 0.05) is 13.1 Å². The van der Waals surface area contributed by atoms with Gasteiger partial charge in [-0.3, -0.25) is 4.79 Å². The van der Waals surface area contributed by atoms with E-state index in [1.165, 1.54) is 0 Å². The molecule has 1 amide bonds. The zero-order valence-corrected chi connectivity index (χ0v) is 6.16. The van der Waals surface area contributed by atoms with Crippen LogP contribution >= 0.6 is 12.4 Å². The van der Waals surface area contributed by atoms with Crippen LogP contribution in [0.5, 0.6) is 0 Å². The Morgan fingerprint density at radius 1 is 1.60 bits per heavy atom. The highest BCUT2D eigenvalue weighted by Crippen LogP contribution is 2.10. The highest BCUT2D eigenvalue weighted by Gasteiger charge is 2.30. The van der Waals surface area contributed by atoms with Crippen molar-refractivity contribution in [2.45, 2.75) is 6.17 Å². The van der Waals surface area contributed by atoms with Gasteiger partial charge in [-0.25, -0.2) is 4.39 Å². The molecule has 1 fully saturated rings. The number of amides is 1. The number of halogens is 2. The molecule has 0 aromatic rings. The van der Waals surface area contributed by atoms with Gasteiger partial charge < -0.3 is 11.1 Å². The summed E-state index contributed by atoms with van der Waals surface area (Å²) in [6.07, 6.45) is -1.08. The van der Waals surface area contributed by atoms with Crippen LogP contribution in [0.3, 0.4) is 0 Å². The van der Waals surface area contributed by atoms with Crippen molar-refractivity contribution in [3.63, 3.8) is 0 Å². The molecule has 2 atom stereocenters. The van der Waals surface area contributed by atoms with Crippen molar-refractivity contribution in [2.24, 2.45) is 11.7 Å². The van der Waals surface area contributed by atoms with Gasteiger partial charge in [-0.2, -0.15) is 0 Å². The second-order valence-electron chi connectivity index (χ2n) is 2.18. The number of alkyl halides is 1. The monoisotopic (exact) mass is 168 g/mol. The summed E-state index contributed by atoms with van der Waals surface area (Å²) in [6, 6.07) is 0. The lowest BCUT2D eigenvalue weighted by atomic mass is 10.1. The predicted molar refractivity (Wildman–Crippen MR) is 37.7 cm³/mol. The smallest absolute Gasteiger partial charge is 0.224 e. The van der Waals surface area contributed by atoms with Crippen LogP contribution in [0, 0.1) is 5.92 Å². The first-order valence-electron chi connectivity index (χ1n) is 2.86. The van der Waals surface area contributed by atoms with E-state index in [4.69, 9.17) is 5.73 Å².